The van der Waals surface area contributed by atoms with E-state index >= 15 is 0 Å². The van der Waals surface area contributed by atoms with Gasteiger partial charge in [-0.3, -0.25) is 14.2 Å². The molecule has 1 aromatic carbocycles. The Hall–Kier alpha value is -2.55. The maximum Gasteiger partial charge on any atom is 0.343 e. The number of carbonyl (C=O) groups excluding carboxylic acids is 2. The van der Waals surface area contributed by atoms with E-state index in [-0.39, 0.29) is 23.3 Å². The average molecular weight is 375 g/mol. The van der Waals surface area contributed by atoms with Crippen molar-refractivity contribution in [3.63, 3.8) is 0 Å². The highest BCUT2D eigenvalue weighted by molar-refractivity contribution is 7.99. The second-order valence-corrected chi connectivity index (χ2v) is 6.94. The van der Waals surface area contributed by atoms with Crippen molar-refractivity contribution in [3.05, 3.63) is 34.7 Å². The van der Waals surface area contributed by atoms with Crippen LogP contribution in [0.4, 0.5) is 11.4 Å². The molecule has 0 atom stereocenters. The van der Waals surface area contributed by atoms with Gasteiger partial charge < -0.3 is 10.2 Å². The number of thioether (sulfide) groups is 1. The topological polar surface area (TPSA) is 100 Å². The minimum Gasteiger partial charge on any atom is -0.325 e. The molecule has 26 heavy (non-hydrogen) atoms. The van der Waals surface area contributed by atoms with Gasteiger partial charge in [-0.25, -0.2) is 9.89 Å². The first kappa shape index (κ1) is 18.2. The van der Waals surface area contributed by atoms with Crippen molar-refractivity contribution >= 4 is 35.0 Å². The van der Waals surface area contributed by atoms with E-state index in [4.69, 9.17) is 0 Å². The van der Waals surface area contributed by atoms with Crippen LogP contribution >= 0.6 is 11.8 Å². The van der Waals surface area contributed by atoms with Crippen molar-refractivity contribution < 1.29 is 9.59 Å². The van der Waals surface area contributed by atoms with Crippen LogP contribution in [-0.4, -0.2) is 38.9 Å². The molecule has 3 rings (SSSR count). The molecule has 0 bridgehead atoms. The van der Waals surface area contributed by atoms with Gasteiger partial charge in [-0.2, -0.15) is 0 Å². The molecule has 0 aliphatic carbocycles. The lowest BCUT2D eigenvalue weighted by molar-refractivity contribution is -0.117. The van der Waals surface area contributed by atoms with E-state index in [1.165, 1.54) is 16.3 Å². The maximum atomic E-state index is 12.1. The van der Waals surface area contributed by atoms with Gasteiger partial charge >= 0.3 is 5.69 Å². The van der Waals surface area contributed by atoms with E-state index in [1.54, 1.807) is 17.0 Å². The second-order valence-electron chi connectivity index (χ2n) is 6.00. The fraction of sp³-hybridized carbons (Fsp3) is 0.412. The van der Waals surface area contributed by atoms with E-state index in [1.807, 2.05) is 19.1 Å². The predicted octanol–water partition coefficient (Wildman–Crippen LogP) is 1.84. The van der Waals surface area contributed by atoms with E-state index in [2.05, 4.69) is 15.5 Å². The standard InChI is InChI=1S/C17H21N5O3S/c1-2-9-22-16(25)19-20-17(22)26-11-14(23)18-12-5-7-13(8-6-12)21-10-3-4-15(21)24/h5-8H,2-4,9-11H2,1H3,(H,18,23)(H,19,25). The molecule has 9 heteroatoms. The van der Waals surface area contributed by atoms with Gasteiger partial charge in [0.15, 0.2) is 5.16 Å². The number of anilines is 2. The van der Waals surface area contributed by atoms with Crippen molar-refractivity contribution in [1.29, 1.82) is 0 Å². The fourth-order valence-electron chi connectivity index (χ4n) is 2.81. The molecule has 0 spiro atoms. The third-order valence-corrected chi connectivity index (χ3v) is 5.02. The Morgan fingerprint density at radius 2 is 2.08 bits per heavy atom. The quantitative estimate of drug-likeness (QED) is 0.719. The second kappa shape index (κ2) is 8.22. The molecule has 0 unspecified atom stereocenters. The van der Waals surface area contributed by atoms with Crippen LogP contribution in [0.25, 0.3) is 0 Å². The number of nitrogens with zero attached hydrogens (tertiary/aromatic N) is 3. The molecule has 1 aromatic heterocycles. The first-order valence-electron chi connectivity index (χ1n) is 8.56. The van der Waals surface area contributed by atoms with E-state index in [0.29, 0.717) is 23.8 Å². The van der Waals surface area contributed by atoms with E-state index in [9.17, 15) is 14.4 Å². The van der Waals surface area contributed by atoms with Crippen LogP contribution in [0.3, 0.4) is 0 Å². The smallest absolute Gasteiger partial charge is 0.325 e. The molecule has 1 aliphatic rings. The Morgan fingerprint density at radius 3 is 2.73 bits per heavy atom. The number of rotatable bonds is 7. The van der Waals surface area contributed by atoms with Gasteiger partial charge in [0.1, 0.15) is 0 Å². The van der Waals surface area contributed by atoms with Gasteiger partial charge in [-0.05, 0) is 37.1 Å². The minimum atomic E-state index is -0.262. The van der Waals surface area contributed by atoms with Gasteiger partial charge in [-0.15, -0.1) is 5.10 Å². The highest BCUT2D eigenvalue weighted by Crippen LogP contribution is 2.23. The molecule has 2 heterocycles. The number of aromatic amines is 1. The first-order valence-corrected chi connectivity index (χ1v) is 9.55. The Labute approximate surface area is 155 Å². The van der Waals surface area contributed by atoms with Crippen molar-refractivity contribution in [2.75, 3.05) is 22.5 Å². The van der Waals surface area contributed by atoms with Crippen molar-refractivity contribution in [2.24, 2.45) is 0 Å². The third kappa shape index (κ3) is 4.16. The summed E-state index contributed by atoms with van der Waals surface area (Å²) in [4.78, 5) is 37.3. The normalized spacial score (nSPS) is 14.0. The zero-order valence-electron chi connectivity index (χ0n) is 14.5. The molecule has 8 nitrogen and oxygen atoms in total. The number of nitrogens with one attached hydrogen (secondary N) is 2. The van der Waals surface area contributed by atoms with Crippen LogP contribution < -0.4 is 15.9 Å². The number of carbonyl (C=O) groups is 2. The zero-order chi connectivity index (χ0) is 18.5. The molecule has 1 saturated heterocycles. The predicted molar refractivity (Wildman–Crippen MR) is 101 cm³/mol. The van der Waals surface area contributed by atoms with Gasteiger partial charge in [-0.1, -0.05) is 18.7 Å². The first-order chi connectivity index (χ1) is 12.6. The number of amides is 2. The molecular formula is C17H21N5O3S. The largest absolute Gasteiger partial charge is 0.343 e. The number of benzene rings is 1. The lowest BCUT2D eigenvalue weighted by Crippen LogP contribution is -2.23. The lowest BCUT2D eigenvalue weighted by Gasteiger charge is -2.16. The number of H-pyrrole nitrogens is 1. The number of hydrogen-bond acceptors (Lipinski definition) is 5. The maximum absolute atomic E-state index is 12.1. The highest BCUT2D eigenvalue weighted by Gasteiger charge is 2.21. The fourth-order valence-corrected chi connectivity index (χ4v) is 3.58. The SMILES string of the molecule is CCCn1c(SCC(=O)Nc2ccc(N3CCCC3=O)cc2)n[nH]c1=O. The van der Waals surface area contributed by atoms with E-state index in [0.717, 1.165) is 25.1 Å². The minimum absolute atomic E-state index is 0.135. The van der Waals surface area contributed by atoms with Gasteiger partial charge in [0.2, 0.25) is 11.8 Å². The number of hydrogen-bond donors (Lipinski definition) is 2. The van der Waals surface area contributed by atoms with Crippen molar-refractivity contribution in [2.45, 2.75) is 37.9 Å². The number of aromatic nitrogens is 3. The highest BCUT2D eigenvalue weighted by atomic mass is 32.2. The molecule has 2 N–H and O–H groups in total. The van der Waals surface area contributed by atoms with Crippen molar-refractivity contribution in [3.8, 4) is 0 Å². The summed E-state index contributed by atoms with van der Waals surface area (Å²) in [6.45, 7) is 3.28. The molecule has 0 radical (unpaired) electrons. The Morgan fingerprint density at radius 1 is 1.31 bits per heavy atom. The summed E-state index contributed by atoms with van der Waals surface area (Å²) < 4.78 is 1.53. The van der Waals surface area contributed by atoms with Gasteiger partial charge in [0, 0.05) is 30.9 Å². The Balaban J connectivity index is 1.55. The van der Waals surface area contributed by atoms with Crippen LogP contribution in [0.1, 0.15) is 26.2 Å². The Kier molecular flexibility index (Phi) is 5.77. The van der Waals surface area contributed by atoms with Gasteiger partial charge in [0.25, 0.3) is 0 Å². The van der Waals surface area contributed by atoms with Crippen LogP contribution in [0.5, 0.6) is 0 Å². The molecule has 1 fully saturated rings. The molecule has 138 valence electrons. The Bertz CT molecular complexity index is 843. The van der Waals surface area contributed by atoms with Crippen LogP contribution in [0.15, 0.2) is 34.2 Å². The molecule has 2 amide bonds. The molecular weight excluding hydrogens is 354 g/mol. The lowest BCUT2D eigenvalue weighted by atomic mass is 10.2. The summed E-state index contributed by atoms with van der Waals surface area (Å²) >= 11 is 1.21. The van der Waals surface area contributed by atoms with E-state index < -0.39 is 0 Å². The van der Waals surface area contributed by atoms with Crippen LogP contribution in [-0.2, 0) is 16.1 Å². The summed E-state index contributed by atoms with van der Waals surface area (Å²) in [5.41, 5.74) is 1.25. The monoisotopic (exact) mass is 375 g/mol. The summed E-state index contributed by atoms with van der Waals surface area (Å²) in [5, 5.41) is 9.67. The summed E-state index contributed by atoms with van der Waals surface area (Å²) in [6.07, 6.45) is 2.28. The average Bonchev–Trinajstić information content (AvgIpc) is 3.21. The van der Waals surface area contributed by atoms with Crippen LogP contribution in [0.2, 0.25) is 0 Å². The molecule has 0 saturated carbocycles. The summed E-state index contributed by atoms with van der Waals surface area (Å²) in [6, 6.07) is 7.23. The molecule has 2 aromatic rings. The third-order valence-electron chi connectivity index (χ3n) is 4.04. The molecule has 1 aliphatic heterocycles. The summed E-state index contributed by atoms with van der Waals surface area (Å²) in [7, 11) is 0. The summed E-state index contributed by atoms with van der Waals surface area (Å²) in [5.74, 6) is 0.106. The van der Waals surface area contributed by atoms with Gasteiger partial charge in [0.05, 0.1) is 5.75 Å². The van der Waals surface area contributed by atoms with Crippen molar-refractivity contribution in [1.82, 2.24) is 14.8 Å². The van der Waals surface area contributed by atoms with Crippen LogP contribution in [0, 0.1) is 0 Å². The zero-order valence-corrected chi connectivity index (χ0v) is 15.3.